The first-order chi connectivity index (χ1) is 33.0. The Labute approximate surface area is 401 Å². The fraction of sp³-hybridized carbons (Fsp3) is 0.426. The number of aliphatic carboxylic acids is 1. The molecule has 0 fully saturated rings. The summed E-state index contributed by atoms with van der Waals surface area (Å²) >= 11 is 0. The van der Waals surface area contributed by atoms with E-state index in [-0.39, 0.29) is 78.5 Å². The van der Waals surface area contributed by atoms with Gasteiger partial charge in [-0.15, -0.1) is 0 Å². The molecule has 15 N–H and O–H groups in total. The number of nitrogens with one attached hydrogen (secondary N) is 3. The molecular weight excluding hydrogens is 919 g/mol. The Morgan fingerprint density at radius 2 is 1.53 bits per heavy atom. The van der Waals surface area contributed by atoms with Crippen molar-refractivity contribution in [2.24, 2.45) is 17.2 Å². The number of carbonyl (C=O) groups excluding carboxylic acids is 4. The molecule has 3 aromatic carbocycles. The van der Waals surface area contributed by atoms with Gasteiger partial charge >= 0.3 is 5.97 Å². The highest BCUT2D eigenvalue weighted by Gasteiger charge is 2.38. The maximum atomic E-state index is 14.8. The molecule has 70 heavy (non-hydrogen) atoms. The van der Waals surface area contributed by atoms with Gasteiger partial charge in [0.1, 0.15) is 72.4 Å². The van der Waals surface area contributed by atoms with Crippen LogP contribution in [-0.2, 0) is 31.0 Å². The molecule has 4 aromatic rings. The molecule has 6 atom stereocenters. The minimum Gasteiger partial charge on any atom is -0.504 e. The summed E-state index contributed by atoms with van der Waals surface area (Å²) in [5, 5.41) is 49.9. The molecule has 23 heteroatoms. The number of halogens is 2. The highest BCUT2D eigenvalue weighted by molar-refractivity contribution is 6.03. The molecule has 2 heterocycles. The summed E-state index contributed by atoms with van der Waals surface area (Å²) in [6, 6.07) is 7.20. The SMILES string of the molecule is C[C@@H]1NC(=O)[C@@H](N(C)C(=O)C(CCN)NC(=O)c2c(N)nc(-c3ccc(C(C)(C)C)cc3)nc2C(F)F)c2cc(OCC(O)CN)c(O)c(c2)-c2cc(ccc2OCC(O)CN)C[C@@H](C(=O)O)NC1=O. The van der Waals surface area contributed by atoms with Crippen molar-refractivity contribution in [3.05, 3.63) is 82.5 Å². The van der Waals surface area contributed by atoms with Gasteiger partial charge in [-0.3, -0.25) is 19.2 Å². The van der Waals surface area contributed by atoms with Gasteiger partial charge in [-0.05, 0) is 66.3 Å². The number of amides is 4. The lowest BCUT2D eigenvalue weighted by atomic mass is 9.86. The van der Waals surface area contributed by atoms with Crippen molar-refractivity contribution in [2.75, 3.05) is 45.6 Å². The van der Waals surface area contributed by atoms with Crippen molar-refractivity contribution >= 4 is 35.4 Å². The van der Waals surface area contributed by atoms with E-state index in [4.69, 9.17) is 32.4 Å². The first kappa shape index (κ1) is 53.9. The number of ether oxygens (including phenoxy) is 2. The van der Waals surface area contributed by atoms with E-state index in [1.165, 1.54) is 37.3 Å². The van der Waals surface area contributed by atoms with Crippen molar-refractivity contribution in [3.8, 4) is 39.8 Å². The Balaban J connectivity index is 1.65. The number of rotatable bonds is 17. The second kappa shape index (κ2) is 23.0. The first-order valence-electron chi connectivity index (χ1n) is 22.2. The Bertz CT molecular complexity index is 2560. The van der Waals surface area contributed by atoms with Gasteiger partial charge in [0.15, 0.2) is 17.3 Å². The molecule has 1 aliphatic heterocycles. The number of phenols is 1. The smallest absolute Gasteiger partial charge is 0.326 e. The number of carboxylic acid groups (broad SMARTS) is 1. The van der Waals surface area contributed by atoms with Crippen LogP contribution in [0.5, 0.6) is 17.2 Å². The number of aliphatic hydroxyl groups is 2. The van der Waals surface area contributed by atoms with E-state index in [1.54, 1.807) is 24.3 Å². The average molecular weight is 979 g/mol. The van der Waals surface area contributed by atoms with Crippen LogP contribution in [0, 0.1) is 0 Å². The molecule has 4 amide bonds. The number of phenolic OH excluding ortho intramolecular Hbond substituents is 1. The number of nitrogen functional groups attached to an aromatic ring is 1. The number of hydrogen-bond acceptors (Lipinski definition) is 16. The van der Waals surface area contributed by atoms with Gasteiger partial charge in [0.05, 0.1) is 0 Å². The Kier molecular flexibility index (Phi) is 17.7. The number of carbonyl (C=O) groups is 5. The van der Waals surface area contributed by atoms with Crippen LogP contribution in [0.4, 0.5) is 14.6 Å². The van der Waals surface area contributed by atoms with Crippen molar-refractivity contribution in [1.29, 1.82) is 0 Å². The Morgan fingerprint density at radius 3 is 2.10 bits per heavy atom. The number of anilines is 1. The molecule has 378 valence electrons. The zero-order valence-corrected chi connectivity index (χ0v) is 39.2. The summed E-state index contributed by atoms with van der Waals surface area (Å²) < 4.78 is 41.3. The summed E-state index contributed by atoms with van der Waals surface area (Å²) in [7, 11) is 1.16. The molecule has 0 saturated heterocycles. The average Bonchev–Trinajstić information content (AvgIpc) is 3.31. The van der Waals surface area contributed by atoms with Gasteiger partial charge in [-0.2, -0.15) is 0 Å². The quantitative estimate of drug-likeness (QED) is 0.0703. The van der Waals surface area contributed by atoms with Crippen LogP contribution in [-0.4, -0.2) is 135 Å². The van der Waals surface area contributed by atoms with Gasteiger partial charge in [0.25, 0.3) is 12.3 Å². The van der Waals surface area contributed by atoms with Gasteiger partial charge in [0.2, 0.25) is 17.7 Å². The number of benzene rings is 3. The zero-order chi connectivity index (χ0) is 51.8. The predicted molar refractivity (Wildman–Crippen MR) is 252 cm³/mol. The van der Waals surface area contributed by atoms with Crippen LogP contribution >= 0.6 is 0 Å². The summed E-state index contributed by atoms with van der Waals surface area (Å²) in [5.74, 6) is -7.43. The normalized spacial score (nSPS) is 17.6. The molecular formula is C47H60F2N10O11. The van der Waals surface area contributed by atoms with Crippen LogP contribution < -0.4 is 48.4 Å². The fourth-order valence-electron chi connectivity index (χ4n) is 7.45. The number of likely N-dealkylation sites (N-methyl/N-ethyl adjacent to an activating group) is 1. The first-order valence-corrected chi connectivity index (χ1v) is 22.2. The van der Waals surface area contributed by atoms with Crippen LogP contribution in [0.15, 0.2) is 54.6 Å². The number of aliphatic hydroxyl groups excluding tert-OH is 2. The maximum absolute atomic E-state index is 14.8. The van der Waals surface area contributed by atoms with E-state index in [0.717, 1.165) is 17.5 Å². The second-order valence-electron chi connectivity index (χ2n) is 17.8. The molecule has 4 bridgehead atoms. The number of nitrogens with zero attached hydrogens (tertiary/aromatic N) is 3. The summed E-state index contributed by atoms with van der Waals surface area (Å²) in [6.45, 7) is 5.71. The van der Waals surface area contributed by atoms with E-state index >= 15 is 0 Å². The van der Waals surface area contributed by atoms with E-state index in [0.29, 0.717) is 11.1 Å². The lowest BCUT2D eigenvalue weighted by Crippen LogP contribution is -2.55. The van der Waals surface area contributed by atoms with E-state index < -0.39 is 102 Å². The van der Waals surface area contributed by atoms with Crippen molar-refractivity contribution in [2.45, 2.75) is 88.8 Å². The standard InChI is InChI=1S/C47H60F2N10O11/c1-22-42(63)56-32(46(67)68)15-23-6-11-33(69-20-27(60)18-51)29(14-23)30-16-25(17-34(38(30)62)70-21-28(61)19-52)37(44(65)54-22)59(5)45(66)31(12-13-50)55-43(64)35-36(39(48)49)57-41(58-40(35)53)24-7-9-26(10-8-24)47(2,3)4/h6-11,14,16-17,22,27-28,31-32,37,39,60-62H,12-13,15,18-21,50-52H2,1-5H3,(H,54,65)(H,55,64)(H,56,63)(H,67,68)(H2,53,57,58)/t22-,27?,28?,31?,32-,37-/m0/s1. The number of nitrogens with two attached hydrogens (primary N) is 4. The highest BCUT2D eigenvalue weighted by Crippen LogP contribution is 2.45. The fourth-order valence-corrected chi connectivity index (χ4v) is 7.45. The molecule has 0 spiro atoms. The maximum Gasteiger partial charge on any atom is 0.326 e. The van der Waals surface area contributed by atoms with Crippen LogP contribution in [0.25, 0.3) is 22.5 Å². The van der Waals surface area contributed by atoms with E-state index in [9.17, 15) is 53.2 Å². The van der Waals surface area contributed by atoms with Crippen molar-refractivity contribution < 1.29 is 62.7 Å². The number of aromatic nitrogens is 2. The molecule has 1 aliphatic rings. The molecule has 0 aliphatic carbocycles. The number of hydrogen-bond donors (Lipinski definition) is 11. The van der Waals surface area contributed by atoms with Crippen molar-refractivity contribution in [1.82, 2.24) is 30.8 Å². The Morgan fingerprint density at radius 1 is 0.900 bits per heavy atom. The molecule has 21 nitrogen and oxygen atoms in total. The Hall–Kier alpha value is -7.05. The number of carboxylic acids is 1. The third-order valence-corrected chi connectivity index (χ3v) is 11.4. The summed E-state index contributed by atoms with van der Waals surface area (Å²) in [5.41, 5.74) is 22.7. The lowest BCUT2D eigenvalue weighted by molar-refractivity contribution is -0.143. The monoisotopic (exact) mass is 978 g/mol. The number of fused-ring (bicyclic) bond motifs is 5. The zero-order valence-electron chi connectivity index (χ0n) is 39.2. The van der Waals surface area contributed by atoms with E-state index in [1.807, 2.05) is 20.8 Å². The third-order valence-electron chi connectivity index (χ3n) is 11.4. The van der Waals surface area contributed by atoms with Crippen LogP contribution in [0.2, 0.25) is 0 Å². The van der Waals surface area contributed by atoms with Gasteiger partial charge in [0, 0.05) is 43.2 Å². The van der Waals surface area contributed by atoms with Crippen molar-refractivity contribution in [3.63, 3.8) is 0 Å². The molecule has 0 radical (unpaired) electrons. The lowest BCUT2D eigenvalue weighted by Gasteiger charge is -2.33. The number of aromatic hydroxyl groups is 1. The minimum atomic E-state index is -3.34. The molecule has 1 aromatic heterocycles. The van der Waals surface area contributed by atoms with Crippen LogP contribution in [0.1, 0.15) is 79.3 Å². The summed E-state index contributed by atoms with van der Waals surface area (Å²) in [6.07, 6.45) is -6.36. The molecule has 3 unspecified atom stereocenters. The van der Waals surface area contributed by atoms with E-state index in [2.05, 4.69) is 25.9 Å². The largest absolute Gasteiger partial charge is 0.504 e. The minimum absolute atomic E-state index is 0.0160. The van der Waals surface area contributed by atoms with Gasteiger partial charge in [-0.1, -0.05) is 51.1 Å². The van der Waals surface area contributed by atoms with Gasteiger partial charge < -0.3 is 73.7 Å². The summed E-state index contributed by atoms with van der Waals surface area (Å²) in [4.78, 5) is 78.4. The van der Waals surface area contributed by atoms with Crippen LogP contribution in [0.3, 0.4) is 0 Å². The second-order valence-corrected chi connectivity index (χ2v) is 17.8. The molecule has 5 rings (SSSR count). The third kappa shape index (κ3) is 12.8. The topological polar surface area (TPSA) is 354 Å². The highest BCUT2D eigenvalue weighted by atomic mass is 19.3. The van der Waals surface area contributed by atoms with Gasteiger partial charge in [-0.25, -0.2) is 23.5 Å². The number of alkyl halides is 2. The predicted octanol–water partition coefficient (Wildman–Crippen LogP) is 1.01. The molecule has 0 saturated carbocycles.